The third kappa shape index (κ3) is 2.45. The Balaban J connectivity index is 3.63. The van der Waals surface area contributed by atoms with Crippen molar-refractivity contribution < 1.29 is 26.0 Å². The largest absolute Gasteiger partial charge is 0.420 e. The van der Waals surface area contributed by atoms with Crippen LogP contribution in [0.2, 0.25) is 0 Å². The number of hydrogen-bond donors (Lipinski definition) is 1. The van der Waals surface area contributed by atoms with Gasteiger partial charge in [0, 0.05) is 0 Å². The summed E-state index contributed by atoms with van der Waals surface area (Å²) in [6.07, 6.45) is -5.10. The normalized spacial score (nSPS) is 12.9. The van der Waals surface area contributed by atoms with Gasteiger partial charge in [-0.25, -0.2) is 17.9 Å². The predicted molar refractivity (Wildman–Crippen MR) is 42.8 cm³/mol. The minimum absolute atomic E-state index is 0.511. The molecule has 0 aliphatic carbocycles. The molecule has 8 heteroatoms. The number of benzene rings is 1. The summed E-state index contributed by atoms with van der Waals surface area (Å²) >= 11 is 0. The highest BCUT2D eigenvalue weighted by atomic mass is 32.2. The van der Waals surface area contributed by atoms with E-state index in [9.17, 15) is 26.0 Å². The summed E-state index contributed by atoms with van der Waals surface area (Å²) in [4.78, 5) is -1.27. The first-order chi connectivity index (χ1) is 6.64. The molecule has 0 radical (unpaired) electrons. The van der Waals surface area contributed by atoms with Gasteiger partial charge in [-0.15, -0.1) is 0 Å². The van der Waals surface area contributed by atoms with Gasteiger partial charge >= 0.3 is 6.18 Å². The molecule has 0 bridgehead atoms. The molecule has 3 nitrogen and oxygen atoms in total. The molecule has 0 saturated carbocycles. The van der Waals surface area contributed by atoms with E-state index in [1.54, 1.807) is 0 Å². The maximum Gasteiger partial charge on any atom is 0.420 e. The van der Waals surface area contributed by atoms with Gasteiger partial charge in [-0.05, 0) is 12.1 Å². The van der Waals surface area contributed by atoms with Gasteiger partial charge in [0.05, 0.1) is 4.90 Å². The molecular weight excluding hydrogens is 238 g/mol. The lowest BCUT2D eigenvalue weighted by molar-refractivity contribution is -0.142. The van der Waals surface area contributed by atoms with Gasteiger partial charge in [0.15, 0.2) is 0 Å². The Bertz CT molecular complexity index is 480. The molecule has 1 aromatic carbocycles. The minimum atomic E-state index is -5.10. The third-order valence-corrected chi connectivity index (χ3v) is 2.52. The van der Waals surface area contributed by atoms with Crippen molar-refractivity contribution >= 4 is 10.0 Å². The average Bonchev–Trinajstić information content (AvgIpc) is 1.99. The standard InChI is InChI=1S/C7H5F4NO2S/c8-4-2-1-3-5(15(12,13)14)6(4)7(9,10)11/h1-3H,(H2,12,13,14). The Hall–Kier alpha value is -1.15. The smallest absolute Gasteiger partial charge is 0.225 e. The second-order valence-electron chi connectivity index (χ2n) is 2.66. The van der Waals surface area contributed by atoms with E-state index in [1.807, 2.05) is 0 Å². The van der Waals surface area contributed by atoms with E-state index in [-0.39, 0.29) is 0 Å². The van der Waals surface area contributed by atoms with Gasteiger partial charge in [0.1, 0.15) is 11.4 Å². The summed E-state index contributed by atoms with van der Waals surface area (Å²) in [5.41, 5.74) is -1.87. The fourth-order valence-corrected chi connectivity index (χ4v) is 1.78. The molecule has 0 fully saturated rings. The number of rotatable bonds is 1. The number of primary sulfonamides is 1. The molecule has 0 spiro atoms. The van der Waals surface area contributed by atoms with E-state index in [0.29, 0.717) is 12.1 Å². The number of hydrogen-bond acceptors (Lipinski definition) is 2. The summed E-state index contributed by atoms with van der Waals surface area (Å²) < 4.78 is 71.2. The van der Waals surface area contributed by atoms with Crippen molar-refractivity contribution in [3.05, 3.63) is 29.6 Å². The van der Waals surface area contributed by atoms with Crippen molar-refractivity contribution in [2.24, 2.45) is 5.14 Å². The Morgan fingerprint density at radius 2 is 1.73 bits per heavy atom. The van der Waals surface area contributed by atoms with Gasteiger partial charge < -0.3 is 0 Å². The first kappa shape index (κ1) is 11.9. The van der Waals surface area contributed by atoms with Crippen molar-refractivity contribution in [2.45, 2.75) is 11.1 Å². The lowest BCUT2D eigenvalue weighted by Crippen LogP contribution is -2.20. The van der Waals surface area contributed by atoms with Gasteiger partial charge in [0.25, 0.3) is 0 Å². The summed E-state index contributed by atoms with van der Waals surface area (Å²) in [5, 5.41) is 4.53. The van der Waals surface area contributed by atoms with Crippen LogP contribution in [0.3, 0.4) is 0 Å². The van der Waals surface area contributed by atoms with Crippen LogP contribution in [0.1, 0.15) is 5.56 Å². The van der Waals surface area contributed by atoms with Crippen molar-refractivity contribution in [1.82, 2.24) is 0 Å². The molecule has 0 atom stereocenters. The average molecular weight is 243 g/mol. The summed E-state index contributed by atoms with van der Waals surface area (Å²) in [7, 11) is -4.60. The Kier molecular flexibility index (Phi) is 2.75. The minimum Gasteiger partial charge on any atom is -0.225 e. The van der Waals surface area contributed by atoms with Crippen LogP contribution < -0.4 is 5.14 Å². The fraction of sp³-hybridized carbons (Fsp3) is 0.143. The fourth-order valence-electron chi connectivity index (χ4n) is 1.02. The Labute approximate surface area is 82.6 Å². The molecular formula is C7H5F4NO2S. The van der Waals surface area contributed by atoms with E-state index in [0.717, 1.165) is 6.07 Å². The molecule has 2 N–H and O–H groups in total. The molecule has 0 heterocycles. The summed E-state index contributed by atoms with van der Waals surface area (Å²) in [6, 6.07) is 1.95. The zero-order valence-corrected chi connectivity index (χ0v) is 7.86. The van der Waals surface area contributed by atoms with Gasteiger partial charge in [-0.2, -0.15) is 13.2 Å². The SMILES string of the molecule is NS(=O)(=O)c1cccc(F)c1C(F)(F)F. The zero-order chi connectivity index (χ0) is 11.9. The Morgan fingerprint density at radius 3 is 2.07 bits per heavy atom. The van der Waals surface area contributed by atoms with Crippen LogP contribution in [-0.2, 0) is 16.2 Å². The lowest BCUT2D eigenvalue weighted by atomic mass is 10.2. The van der Waals surface area contributed by atoms with Crippen LogP contribution in [0.4, 0.5) is 17.6 Å². The van der Waals surface area contributed by atoms with E-state index in [4.69, 9.17) is 0 Å². The number of halogens is 4. The first-order valence-electron chi connectivity index (χ1n) is 3.52. The van der Waals surface area contributed by atoms with Crippen LogP contribution in [0.5, 0.6) is 0 Å². The lowest BCUT2D eigenvalue weighted by Gasteiger charge is -2.11. The van der Waals surface area contributed by atoms with Crippen LogP contribution in [0.25, 0.3) is 0 Å². The predicted octanol–water partition coefficient (Wildman–Crippen LogP) is 1.49. The molecule has 0 aromatic heterocycles. The van der Waals surface area contributed by atoms with E-state index >= 15 is 0 Å². The second kappa shape index (κ2) is 3.46. The van der Waals surface area contributed by atoms with Crippen molar-refractivity contribution in [1.29, 1.82) is 0 Å². The van der Waals surface area contributed by atoms with Crippen molar-refractivity contribution in [3.8, 4) is 0 Å². The van der Waals surface area contributed by atoms with Crippen LogP contribution in [-0.4, -0.2) is 8.42 Å². The molecule has 0 aliphatic heterocycles. The second-order valence-corrected chi connectivity index (χ2v) is 4.19. The third-order valence-electron chi connectivity index (χ3n) is 1.57. The number of sulfonamides is 1. The van der Waals surface area contributed by atoms with Crippen LogP contribution in [0, 0.1) is 5.82 Å². The Morgan fingerprint density at radius 1 is 1.20 bits per heavy atom. The van der Waals surface area contributed by atoms with Crippen molar-refractivity contribution in [2.75, 3.05) is 0 Å². The maximum atomic E-state index is 12.8. The highest BCUT2D eigenvalue weighted by molar-refractivity contribution is 7.89. The zero-order valence-electron chi connectivity index (χ0n) is 7.05. The van der Waals surface area contributed by atoms with E-state index in [2.05, 4.69) is 5.14 Å². The van der Waals surface area contributed by atoms with Crippen LogP contribution >= 0.6 is 0 Å². The van der Waals surface area contributed by atoms with E-state index < -0.39 is 32.5 Å². The summed E-state index contributed by atoms with van der Waals surface area (Å²) in [5.74, 6) is -1.67. The van der Waals surface area contributed by atoms with Gasteiger partial charge in [0.2, 0.25) is 10.0 Å². The first-order valence-corrected chi connectivity index (χ1v) is 5.07. The highest BCUT2D eigenvalue weighted by Gasteiger charge is 2.39. The molecule has 84 valence electrons. The molecule has 0 amide bonds. The molecule has 1 aromatic rings. The molecule has 0 aliphatic rings. The van der Waals surface area contributed by atoms with E-state index in [1.165, 1.54) is 0 Å². The molecule has 0 unspecified atom stereocenters. The maximum absolute atomic E-state index is 12.8. The molecule has 1 rings (SSSR count). The monoisotopic (exact) mass is 243 g/mol. The van der Waals surface area contributed by atoms with Gasteiger partial charge in [-0.1, -0.05) is 6.07 Å². The van der Waals surface area contributed by atoms with Crippen molar-refractivity contribution in [3.63, 3.8) is 0 Å². The molecule has 0 saturated heterocycles. The topological polar surface area (TPSA) is 60.2 Å². The van der Waals surface area contributed by atoms with Gasteiger partial charge in [-0.3, -0.25) is 0 Å². The summed E-state index contributed by atoms with van der Waals surface area (Å²) in [6.45, 7) is 0. The molecule has 15 heavy (non-hydrogen) atoms. The number of alkyl halides is 3. The highest BCUT2D eigenvalue weighted by Crippen LogP contribution is 2.35. The quantitative estimate of drug-likeness (QED) is 0.759. The van der Waals surface area contributed by atoms with Crippen LogP contribution in [0.15, 0.2) is 23.1 Å². The number of nitrogens with two attached hydrogens (primary N) is 1.